The molecule has 1 saturated heterocycles. The molecule has 0 spiro atoms. The van der Waals surface area contributed by atoms with Gasteiger partial charge >= 0.3 is 5.97 Å². The summed E-state index contributed by atoms with van der Waals surface area (Å²) in [5.41, 5.74) is 9.07. The molecule has 1 atom stereocenters. The van der Waals surface area contributed by atoms with Gasteiger partial charge in [0, 0.05) is 49.4 Å². The molecule has 2 aromatic heterocycles. The molecule has 1 fully saturated rings. The maximum atomic E-state index is 12.8. The number of nitrogens with zero attached hydrogens (tertiary/aromatic N) is 4. The highest BCUT2D eigenvalue weighted by molar-refractivity contribution is 5.91. The number of methoxy groups -OCH3 is 1. The van der Waals surface area contributed by atoms with Gasteiger partial charge < -0.3 is 14.4 Å². The molecule has 34 heavy (non-hydrogen) atoms. The number of pyridine rings is 2. The van der Waals surface area contributed by atoms with Gasteiger partial charge in [-0.1, -0.05) is 13.8 Å². The van der Waals surface area contributed by atoms with Crippen molar-refractivity contribution in [2.24, 2.45) is 11.8 Å². The second-order valence-electron chi connectivity index (χ2n) is 9.66. The van der Waals surface area contributed by atoms with Crippen LogP contribution in [0.4, 0.5) is 17.2 Å². The van der Waals surface area contributed by atoms with Gasteiger partial charge in [0.25, 0.3) is 0 Å². The molecule has 2 aliphatic heterocycles. The molecule has 2 aromatic rings. The topological polar surface area (TPSA) is 79.8 Å². The normalized spacial score (nSPS) is 18.5. The van der Waals surface area contributed by atoms with E-state index in [9.17, 15) is 4.79 Å². The van der Waals surface area contributed by atoms with Crippen LogP contribution in [0.1, 0.15) is 67.1 Å². The molecule has 0 radical (unpaired) electrons. The summed E-state index contributed by atoms with van der Waals surface area (Å²) >= 11 is 0. The molecule has 0 bridgehead atoms. The van der Waals surface area contributed by atoms with E-state index in [2.05, 4.69) is 29.2 Å². The van der Waals surface area contributed by atoms with Crippen molar-refractivity contribution in [3.05, 3.63) is 40.8 Å². The molecule has 1 N–H and O–H groups in total. The van der Waals surface area contributed by atoms with Gasteiger partial charge in [-0.2, -0.15) is 0 Å². The van der Waals surface area contributed by atoms with Crippen LogP contribution in [-0.4, -0.2) is 49.4 Å². The van der Waals surface area contributed by atoms with E-state index in [1.165, 1.54) is 0 Å². The highest BCUT2D eigenvalue weighted by Crippen LogP contribution is 2.45. The lowest BCUT2D eigenvalue weighted by molar-refractivity contribution is 0.0519. The molecule has 8 heteroatoms. The number of aryl methyl sites for hydroxylation is 2. The standard InChI is InChI=1S/C26H37N5O3/c1-7-34-26(32)21-14-22(30-10-8-19(9-11-30)15-33-6)23-24(16(2)3)29-31(25(23)28-21)20-12-17(4)27-18(5)13-20/h12-14,16,19,24,29H,7-11,15H2,1-6H3. The van der Waals surface area contributed by atoms with E-state index in [1.807, 2.05) is 44.0 Å². The minimum Gasteiger partial charge on any atom is -0.461 e. The monoisotopic (exact) mass is 467 g/mol. The lowest BCUT2D eigenvalue weighted by atomic mass is 9.93. The average Bonchev–Trinajstić information content (AvgIpc) is 3.19. The summed E-state index contributed by atoms with van der Waals surface area (Å²) in [4.78, 5) is 24.6. The number of anilines is 3. The fraction of sp³-hybridized carbons (Fsp3) is 0.577. The minimum absolute atomic E-state index is 0.0687. The highest BCUT2D eigenvalue weighted by atomic mass is 16.5. The van der Waals surface area contributed by atoms with Gasteiger partial charge in [-0.25, -0.2) is 15.2 Å². The van der Waals surface area contributed by atoms with Crippen LogP contribution in [0.3, 0.4) is 0 Å². The fourth-order valence-corrected chi connectivity index (χ4v) is 5.03. The summed E-state index contributed by atoms with van der Waals surface area (Å²) < 4.78 is 10.7. The lowest BCUT2D eigenvalue weighted by Crippen LogP contribution is -2.36. The van der Waals surface area contributed by atoms with E-state index in [1.54, 1.807) is 7.11 Å². The number of ether oxygens (including phenoxy) is 2. The van der Waals surface area contributed by atoms with Gasteiger partial charge in [-0.15, -0.1) is 0 Å². The van der Waals surface area contributed by atoms with Crippen molar-refractivity contribution >= 4 is 23.2 Å². The average molecular weight is 468 g/mol. The van der Waals surface area contributed by atoms with Crippen molar-refractivity contribution in [1.29, 1.82) is 0 Å². The summed E-state index contributed by atoms with van der Waals surface area (Å²) in [7, 11) is 1.77. The van der Waals surface area contributed by atoms with Crippen LogP contribution in [0.15, 0.2) is 18.2 Å². The molecular formula is C26H37N5O3. The van der Waals surface area contributed by atoms with Gasteiger partial charge in [0.1, 0.15) is 0 Å². The summed E-state index contributed by atoms with van der Waals surface area (Å²) in [6, 6.07) is 6.08. The van der Waals surface area contributed by atoms with Crippen molar-refractivity contribution in [1.82, 2.24) is 15.4 Å². The number of piperidine rings is 1. The zero-order valence-corrected chi connectivity index (χ0v) is 21.2. The number of fused-ring (bicyclic) bond motifs is 1. The van der Waals surface area contributed by atoms with Crippen molar-refractivity contribution in [3.63, 3.8) is 0 Å². The molecule has 0 amide bonds. The van der Waals surface area contributed by atoms with Crippen LogP contribution in [0, 0.1) is 25.7 Å². The molecule has 0 aliphatic carbocycles. The SMILES string of the molecule is CCOC(=O)c1cc(N2CCC(COC)CC2)c2c(n1)N(c1cc(C)nc(C)c1)NC2C(C)C. The zero-order valence-electron chi connectivity index (χ0n) is 21.2. The number of hydrogen-bond donors (Lipinski definition) is 1. The Balaban J connectivity index is 1.82. The van der Waals surface area contributed by atoms with Gasteiger partial charge in [-0.3, -0.25) is 9.99 Å². The maximum Gasteiger partial charge on any atom is 0.357 e. The molecule has 8 nitrogen and oxygen atoms in total. The van der Waals surface area contributed by atoms with Crippen LogP contribution in [0.25, 0.3) is 0 Å². The number of carbonyl (C=O) groups is 1. The first kappa shape index (κ1) is 24.4. The van der Waals surface area contributed by atoms with E-state index in [0.717, 1.165) is 66.7 Å². The third-order valence-electron chi connectivity index (χ3n) is 6.64. The van der Waals surface area contributed by atoms with Gasteiger partial charge in [0.2, 0.25) is 0 Å². The number of esters is 1. The molecule has 4 rings (SSSR count). The van der Waals surface area contributed by atoms with E-state index >= 15 is 0 Å². The molecular weight excluding hydrogens is 430 g/mol. The predicted molar refractivity (Wildman–Crippen MR) is 134 cm³/mol. The minimum atomic E-state index is -0.393. The fourth-order valence-electron chi connectivity index (χ4n) is 5.03. The van der Waals surface area contributed by atoms with Gasteiger partial charge in [-0.05, 0) is 63.6 Å². The predicted octanol–water partition coefficient (Wildman–Crippen LogP) is 4.49. The first-order chi connectivity index (χ1) is 16.3. The highest BCUT2D eigenvalue weighted by Gasteiger charge is 2.38. The van der Waals surface area contributed by atoms with Gasteiger partial charge in [0.05, 0.1) is 18.3 Å². The number of hydrogen-bond acceptors (Lipinski definition) is 8. The summed E-state index contributed by atoms with van der Waals surface area (Å²) in [5.74, 6) is 1.27. The van der Waals surface area contributed by atoms with E-state index in [4.69, 9.17) is 14.5 Å². The van der Waals surface area contributed by atoms with E-state index in [0.29, 0.717) is 24.1 Å². The second-order valence-corrected chi connectivity index (χ2v) is 9.66. The second kappa shape index (κ2) is 10.3. The summed E-state index contributed by atoms with van der Waals surface area (Å²) in [6.07, 6.45) is 2.12. The quantitative estimate of drug-likeness (QED) is 0.597. The van der Waals surface area contributed by atoms with Crippen molar-refractivity contribution < 1.29 is 14.3 Å². The number of hydrazine groups is 1. The first-order valence-corrected chi connectivity index (χ1v) is 12.3. The summed E-state index contributed by atoms with van der Waals surface area (Å²) in [5, 5.41) is 2.02. The first-order valence-electron chi connectivity index (χ1n) is 12.3. The molecule has 184 valence electrons. The van der Waals surface area contributed by atoms with Crippen LogP contribution >= 0.6 is 0 Å². The van der Waals surface area contributed by atoms with Crippen molar-refractivity contribution in [2.75, 3.05) is 43.3 Å². The van der Waals surface area contributed by atoms with Crippen LogP contribution in [0.2, 0.25) is 0 Å². The number of nitrogens with one attached hydrogen (secondary N) is 1. The molecule has 0 saturated carbocycles. The Bertz CT molecular complexity index is 1010. The van der Waals surface area contributed by atoms with Crippen LogP contribution < -0.4 is 15.3 Å². The maximum absolute atomic E-state index is 12.8. The van der Waals surface area contributed by atoms with Crippen molar-refractivity contribution in [3.8, 4) is 0 Å². The Labute approximate surface area is 202 Å². The van der Waals surface area contributed by atoms with Crippen LogP contribution in [-0.2, 0) is 9.47 Å². The smallest absolute Gasteiger partial charge is 0.357 e. The van der Waals surface area contributed by atoms with Crippen LogP contribution in [0.5, 0.6) is 0 Å². The zero-order chi connectivity index (χ0) is 24.4. The Kier molecular flexibility index (Phi) is 7.38. The molecule has 1 unspecified atom stereocenters. The largest absolute Gasteiger partial charge is 0.461 e. The number of aromatic nitrogens is 2. The molecule has 2 aliphatic rings. The Morgan fingerprint density at radius 3 is 2.41 bits per heavy atom. The molecule has 4 heterocycles. The number of rotatable bonds is 7. The third kappa shape index (κ3) is 4.88. The Morgan fingerprint density at radius 2 is 1.82 bits per heavy atom. The van der Waals surface area contributed by atoms with E-state index < -0.39 is 5.97 Å². The lowest BCUT2D eigenvalue weighted by Gasteiger charge is -2.35. The van der Waals surface area contributed by atoms with Gasteiger partial charge in [0.15, 0.2) is 11.5 Å². The number of carbonyl (C=O) groups excluding carboxylic acids is 1. The van der Waals surface area contributed by atoms with Crippen molar-refractivity contribution in [2.45, 2.75) is 53.5 Å². The van der Waals surface area contributed by atoms with E-state index in [-0.39, 0.29) is 6.04 Å². The third-order valence-corrected chi connectivity index (χ3v) is 6.64. The Morgan fingerprint density at radius 1 is 1.15 bits per heavy atom. The molecule has 0 aromatic carbocycles. The Hall–Kier alpha value is -2.71. The summed E-state index contributed by atoms with van der Waals surface area (Å²) in [6.45, 7) is 13.2.